The first-order valence-corrected chi connectivity index (χ1v) is 10.7. The quantitative estimate of drug-likeness (QED) is 0.872. The average molecular weight is 389 g/mol. The van der Waals surface area contributed by atoms with Crippen LogP contribution in [0.4, 0.5) is 11.5 Å². The normalized spacial score (nSPS) is 16.4. The number of nitrogens with zero attached hydrogens (tertiary/aromatic N) is 3. The minimum Gasteiger partial charge on any atom is -0.354 e. The van der Waals surface area contributed by atoms with Crippen molar-refractivity contribution in [3.8, 4) is 0 Å². The van der Waals surface area contributed by atoms with Gasteiger partial charge in [0.05, 0.1) is 16.8 Å². The molecule has 2 heterocycles. The molecule has 2 aromatic rings. The van der Waals surface area contributed by atoms with Crippen molar-refractivity contribution in [2.75, 3.05) is 42.8 Å². The second-order valence-electron chi connectivity index (χ2n) is 8.08. The molecule has 3 rings (SSSR count). The van der Waals surface area contributed by atoms with Gasteiger partial charge in [-0.3, -0.25) is 4.72 Å². The Balaban J connectivity index is 1.70. The third-order valence-electron chi connectivity index (χ3n) is 4.86. The number of nitrogens with one attached hydrogen (secondary N) is 1. The Bertz CT molecular complexity index is 864. The van der Waals surface area contributed by atoms with Crippen LogP contribution in [0.15, 0.2) is 47.5 Å². The van der Waals surface area contributed by atoms with E-state index in [2.05, 4.69) is 47.3 Å². The number of likely N-dealkylation sites (N-methyl/N-ethyl adjacent to an activating group) is 1. The molecule has 0 bridgehead atoms. The molecule has 0 atom stereocenters. The van der Waals surface area contributed by atoms with E-state index in [1.165, 1.54) is 0 Å². The number of sulfonamides is 1. The number of aromatic nitrogens is 1. The van der Waals surface area contributed by atoms with Gasteiger partial charge in [-0.2, -0.15) is 0 Å². The summed E-state index contributed by atoms with van der Waals surface area (Å²) in [6, 6.07) is 10.7. The molecular formula is C20H28N4O2S. The first-order chi connectivity index (χ1) is 12.6. The zero-order valence-electron chi connectivity index (χ0n) is 16.4. The fourth-order valence-corrected chi connectivity index (χ4v) is 4.06. The number of hydrogen-bond acceptors (Lipinski definition) is 5. The summed E-state index contributed by atoms with van der Waals surface area (Å²) < 4.78 is 27.9. The van der Waals surface area contributed by atoms with Crippen molar-refractivity contribution in [3.63, 3.8) is 0 Å². The Hall–Kier alpha value is -2.12. The van der Waals surface area contributed by atoms with Crippen molar-refractivity contribution < 1.29 is 8.42 Å². The largest absolute Gasteiger partial charge is 0.354 e. The molecule has 0 unspecified atom stereocenters. The molecule has 0 saturated carbocycles. The molecule has 1 aromatic heterocycles. The third-order valence-corrected chi connectivity index (χ3v) is 6.26. The fourth-order valence-electron chi connectivity index (χ4n) is 3.02. The summed E-state index contributed by atoms with van der Waals surface area (Å²) in [7, 11) is -1.52. The molecule has 27 heavy (non-hydrogen) atoms. The number of hydrogen-bond donors (Lipinski definition) is 1. The Morgan fingerprint density at radius 1 is 0.963 bits per heavy atom. The molecule has 1 saturated heterocycles. The van der Waals surface area contributed by atoms with Gasteiger partial charge in [-0.25, -0.2) is 13.4 Å². The lowest BCUT2D eigenvalue weighted by atomic mass is 9.87. The molecule has 0 amide bonds. The summed E-state index contributed by atoms with van der Waals surface area (Å²) in [6.45, 7) is 10.2. The lowest BCUT2D eigenvalue weighted by molar-refractivity contribution is 0.312. The summed E-state index contributed by atoms with van der Waals surface area (Å²) in [4.78, 5) is 9.17. The van der Waals surface area contributed by atoms with Crippen molar-refractivity contribution in [1.29, 1.82) is 0 Å². The Morgan fingerprint density at radius 2 is 1.59 bits per heavy atom. The lowest BCUT2D eigenvalue weighted by Gasteiger charge is -2.33. The van der Waals surface area contributed by atoms with E-state index in [9.17, 15) is 8.42 Å². The molecular weight excluding hydrogens is 360 g/mol. The highest BCUT2D eigenvalue weighted by Crippen LogP contribution is 2.24. The fraction of sp³-hybridized carbons (Fsp3) is 0.450. The predicted octanol–water partition coefficient (Wildman–Crippen LogP) is 2.93. The van der Waals surface area contributed by atoms with Gasteiger partial charge in [0, 0.05) is 26.2 Å². The first-order valence-electron chi connectivity index (χ1n) is 9.18. The van der Waals surface area contributed by atoms with E-state index in [-0.39, 0.29) is 10.3 Å². The van der Waals surface area contributed by atoms with Crippen LogP contribution in [0.25, 0.3) is 0 Å². The maximum absolute atomic E-state index is 12.6. The Morgan fingerprint density at radius 3 is 2.11 bits per heavy atom. The van der Waals surface area contributed by atoms with Gasteiger partial charge in [0.2, 0.25) is 0 Å². The summed E-state index contributed by atoms with van der Waals surface area (Å²) in [5.74, 6) is 0.876. The smallest absolute Gasteiger partial charge is 0.261 e. The predicted molar refractivity (Wildman–Crippen MR) is 110 cm³/mol. The molecule has 1 fully saturated rings. The number of piperazine rings is 1. The van der Waals surface area contributed by atoms with Crippen LogP contribution in [-0.2, 0) is 15.4 Å². The van der Waals surface area contributed by atoms with Crippen LogP contribution in [0.5, 0.6) is 0 Å². The average Bonchev–Trinajstić information content (AvgIpc) is 2.62. The highest BCUT2D eigenvalue weighted by Gasteiger charge is 2.19. The van der Waals surface area contributed by atoms with Gasteiger partial charge in [-0.15, -0.1) is 0 Å². The van der Waals surface area contributed by atoms with Crippen LogP contribution >= 0.6 is 0 Å². The number of anilines is 2. The van der Waals surface area contributed by atoms with Crippen molar-refractivity contribution in [2.24, 2.45) is 0 Å². The Labute approximate surface area is 162 Å². The summed E-state index contributed by atoms with van der Waals surface area (Å²) in [6.07, 6.45) is 1.58. The van der Waals surface area contributed by atoms with E-state index in [1.807, 2.05) is 18.2 Å². The monoisotopic (exact) mass is 388 g/mol. The molecule has 6 nitrogen and oxygen atoms in total. The van der Waals surface area contributed by atoms with E-state index >= 15 is 0 Å². The van der Waals surface area contributed by atoms with Crippen molar-refractivity contribution in [3.05, 3.63) is 48.2 Å². The second-order valence-corrected chi connectivity index (χ2v) is 9.76. The van der Waals surface area contributed by atoms with Crippen LogP contribution in [-0.4, -0.2) is 51.5 Å². The summed E-state index contributed by atoms with van der Waals surface area (Å²) in [5, 5.41) is 0. The highest BCUT2D eigenvalue weighted by atomic mass is 32.2. The summed E-state index contributed by atoms with van der Waals surface area (Å²) in [5.41, 5.74) is 1.55. The van der Waals surface area contributed by atoms with Crippen LogP contribution in [0.2, 0.25) is 0 Å². The molecule has 146 valence electrons. The van der Waals surface area contributed by atoms with E-state index < -0.39 is 10.0 Å². The lowest BCUT2D eigenvalue weighted by Crippen LogP contribution is -2.44. The SMILES string of the molecule is CN1CCN(c2ccc(NS(=O)(=O)c3ccc(C(C)(C)C)cc3)cn2)CC1. The van der Waals surface area contributed by atoms with Crippen molar-refractivity contribution >= 4 is 21.5 Å². The van der Waals surface area contributed by atoms with Crippen LogP contribution in [0, 0.1) is 0 Å². The van der Waals surface area contributed by atoms with Gasteiger partial charge in [0.15, 0.2) is 0 Å². The molecule has 0 spiro atoms. The third kappa shape index (κ3) is 4.78. The van der Waals surface area contributed by atoms with Gasteiger partial charge in [-0.05, 0) is 42.3 Å². The van der Waals surface area contributed by atoms with Crippen LogP contribution < -0.4 is 9.62 Å². The molecule has 1 aliphatic rings. The topological polar surface area (TPSA) is 65.5 Å². The van der Waals surface area contributed by atoms with Gasteiger partial charge < -0.3 is 9.80 Å². The summed E-state index contributed by atoms with van der Waals surface area (Å²) >= 11 is 0. The number of benzene rings is 1. The molecule has 1 N–H and O–H groups in total. The van der Waals surface area contributed by atoms with E-state index in [4.69, 9.17) is 0 Å². The van der Waals surface area contributed by atoms with E-state index in [0.29, 0.717) is 5.69 Å². The van der Waals surface area contributed by atoms with Crippen molar-refractivity contribution in [1.82, 2.24) is 9.88 Å². The van der Waals surface area contributed by atoms with Gasteiger partial charge in [0.25, 0.3) is 10.0 Å². The van der Waals surface area contributed by atoms with E-state index in [0.717, 1.165) is 37.6 Å². The number of pyridine rings is 1. The maximum atomic E-state index is 12.6. The molecule has 0 radical (unpaired) electrons. The van der Waals surface area contributed by atoms with E-state index in [1.54, 1.807) is 24.4 Å². The van der Waals surface area contributed by atoms with Gasteiger partial charge in [-0.1, -0.05) is 32.9 Å². The standard InChI is InChI=1S/C20H28N4O2S/c1-20(2,3)16-5-8-18(9-6-16)27(25,26)22-17-7-10-19(21-15-17)24-13-11-23(4)12-14-24/h5-10,15,22H,11-14H2,1-4H3. The molecule has 1 aromatic carbocycles. The minimum absolute atomic E-state index is 0.0151. The first kappa shape index (κ1) is 19.6. The maximum Gasteiger partial charge on any atom is 0.261 e. The van der Waals surface area contributed by atoms with Gasteiger partial charge in [0.1, 0.15) is 5.82 Å². The van der Waals surface area contributed by atoms with Crippen molar-refractivity contribution in [2.45, 2.75) is 31.1 Å². The molecule has 0 aliphatic carbocycles. The van der Waals surface area contributed by atoms with Gasteiger partial charge >= 0.3 is 0 Å². The Kier molecular flexibility index (Phi) is 5.44. The highest BCUT2D eigenvalue weighted by molar-refractivity contribution is 7.92. The van der Waals surface area contributed by atoms with Crippen LogP contribution in [0.1, 0.15) is 26.3 Å². The zero-order chi connectivity index (χ0) is 19.7. The second kappa shape index (κ2) is 7.48. The molecule has 7 heteroatoms. The molecule has 1 aliphatic heterocycles. The minimum atomic E-state index is -3.63. The zero-order valence-corrected chi connectivity index (χ0v) is 17.3. The number of rotatable bonds is 4. The van der Waals surface area contributed by atoms with Crippen LogP contribution in [0.3, 0.4) is 0 Å².